The number of halogens is 2. The Morgan fingerprint density at radius 1 is 1.33 bits per heavy atom. The van der Waals surface area contributed by atoms with E-state index in [-0.39, 0.29) is 33.8 Å². The van der Waals surface area contributed by atoms with E-state index in [1.165, 1.54) is 13.0 Å². The highest BCUT2D eigenvalue weighted by Gasteiger charge is 2.21. The molecule has 3 rings (SSSR count). The van der Waals surface area contributed by atoms with Gasteiger partial charge in [-0.2, -0.15) is 5.26 Å². The first kappa shape index (κ1) is 21.4. The minimum absolute atomic E-state index is 0.0642. The molecule has 0 fully saturated rings. The van der Waals surface area contributed by atoms with Crippen LogP contribution >= 0.6 is 11.3 Å². The van der Waals surface area contributed by atoms with Gasteiger partial charge in [0, 0.05) is 4.88 Å². The van der Waals surface area contributed by atoms with E-state index in [1.807, 2.05) is 6.07 Å². The summed E-state index contributed by atoms with van der Waals surface area (Å²) in [6, 6.07) is 10.7. The topological polar surface area (TPSA) is 112 Å². The molecule has 0 aliphatic rings. The average molecular weight is 428 g/mol. The lowest BCUT2D eigenvalue weighted by Crippen LogP contribution is -2.11. The number of anilines is 2. The fourth-order valence-corrected chi connectivity index (χ4v) is 4.07. The van der Waals surface area contributed by atoms with Gasteiger partial charge in [0.1, 0.15) is 22.5 Å². The number of carbonyl (C=O) groups excluding carboxylic acids is 1. The number of amides is 1. The molecule has 0 saturated carbocycles. The third-order valence-corrected chi connectivity index (χ3v) is 5.25. The number of rotatable bonds is 7. The van der Waals surface area contributed by atoms with Crippen molar-refractivity contribution < 1.29 is 18.7 Å². The van der Waals surface area contributed by atoms with Crippen LogP contribution in [0.5, 0.6) is 0 Å². The summed E-state index contributed by atoms with van der Waals surface area (Å²) in [6.07, 6.45) is -0.510. The molecule has 1 atom stereocenters. The van der Waals surface area contributed by atoms with E-state index >= 15 is 0 Å². The van der Waals surface area contributed by atoms with Crippen LogP contribution in [0.4, 0.5) is 19.6 Å². The standard InChI is InChI=1S/C21H18F2N4O2S/c1-11(28)7-12-8-15(22)19(16(23)9-12)17-10-14(20(25)29)21(30-17)27-18-4-2-3-13(26-18)5-6-24/h2-4,8-11,28H,5,7H2,1H3,(H2,25,29)(H,26,27). The van der Waals surface area contributed by atoms with Crippen molar-refractivity contribution in [2.24, 2.45) is 5.73 Å². The number of nitriles is 1. The Hall–Kier alpha value is -3.35. The van der Waals surface area contributed by atoms with Crippen molar-refractivity contribution in [2.45, 2.75) is 25.9 Å². The summed E-state index contributed by atoms with van der Waals surface area (Å²) < 4.78 is 29.3. The molecule has 4 N–H and O–H groups in total. The second-order valence-electron chi connectivity index (χ2n) is 6.68. The molecular formula is C21H18F2N4O2S. The van der Waals surface area contributed by atoms with Gasteiger partial charge in [-0.25, -0.2) is 13.8 Å². The lowest BCUT2D eigenvalue weighted by Gasteiger charge is -2.08. The van der Waals surface area contributed by atoms with Crippen molar-refractivity contribution >= 4 is 28.1 Å². The van der Waals surface area contributed by atoms with E-state index in [4.69, 9.17) is 11.0 Å². The van der Waals surface area contributed by atoms with E-state index in [1.54, 1.807) is 18.2 Å². The maximum atomic E-state index is 14.7. The summed E-state index contributed by atoms with van der Waals surface area (Å²) in [6.45, 7) is 1.53. The predicted molar refractivity (Wildman–Crippen MR) is 110 cm³/mol. The molecule has 154 valence electrons. The van der Waals surface area contributed by atoms with Gasteiger partial charge >= 0.3 is 0 Å². The number of aliphatic hydroxyl groups excluding tert-OH is 1. The molecule has 3 aromatic rings. The summed E-state index contributed by atoms with van der Waals surface area (Å²) in [7, 11) is 0. The van der Waals surface area contributed by atoms with Crippen molar-refractivity contribution in [3.05, 3.63) is 64.9 Å². The number of primary amides is 1. The number of aromatic nitrogens is 1. The zero-order chi connectivity index (χ0) is 21.8. The molecular weight excluding hydrogens is 410 g/mol. The number of hydrogen-bond donors (Lipinski definition) is 3. The Labute approximate surface area is 175 Å². The van der Waals surface area contributed by atoms with Crippen molar-refractivity contribution in [2.75, 3.05) is 5.32 Å². The van der Waals surface area contributed by atoms with Crippen molar-refractivity contribution in [1.82, 2.24) is 4.98 Å². The molecule has 1 aromatic carbocycles. The average Bonchev–Trinajstić information content (AvgIpc) is 3.04. The lowest BCUT2D eigenvalue weighted by atomic mass is 10.0. The largest absolute Gasteiger partial charge is 0.393 e. The summed E-state index contributed by atoms with van der Waals surface area (Å²) in [4.78, 5) is 16.3. The van der Waals surface area contributed by atoms with Crippen LogP contribution in [0, 0.1) is 23.0 Å². The lowest BCUT2D eigenvalue weighted by molar-refractivity contribution is 0.100. The van der Waals surface area contributed by atoms with E-state index in [0.717, 1.165) is 23.5 Å². The highest BCUT2D eigenvalue weighted by molar-refractivity contribution is 7.20. The van der Waals surface area contributed by atoms with Crippen LogP contribution in [-0.2, 0) is 12.8 Å². The van der Waals surface area contributed by atoms with Gasteiger partial charge in [0.15, 0.2) is 0 Å². The Balaban J connectivity index is 2.00. The molecule has 1 unspecified atom stereocenters. The minimum Gasteiger partial charge on any atom is -0.393 e. The number of aliphatic hydroxyl groups is 1. The van der Waals surface area contributed by atoms with E-state index in [2.05, 4.69) is 10.3 Å². The Morgan fingerprint density at radius 2 is 2.03 bits per heavy atom. The van der Waals surface area contributed by atoms with Crippen LogP contribution in [0.2, 0.25) is 0 Å². The first-order chi connectivity index (χ1) is 14.3. The number of carbonyl (C=O) groups is 1. The molecule has 6 nitrogen and oxygen atoms in total. The quantitative estimate of drug-likeness (QED) is 0.528. The Kier molecular flexibility index (Phi) is 6.40. The summed E-state index contributed by atoms with van der Waals surface area (Å²) >= 11 is 0.957. The monoisotopic (exact) mass is 428 g/mol. The number of pyridine rings is 1. The third kappa shape index (κ3) is 4.79. The van der Waals surface area contributed by atoms with Gasteiger partial charge in [0.05, 0.1) is 35.4 Å². The molecule has 2 heterocycles. The van der Waals surface area contributed by atoms with Gasteiger partial charge in [0.25, 0.3) is 5.91 Å². The molecule has 0 saturated heterocycles. The summed E-state index contributed by atoms with van der Waals surface area (Å²) in [5.41, 5.74) is 6.08. The smallest absolute Gasteiger partial charge is 0.251 e. The van der Waals surface area contributed by atoms with Crippen LogP contribution in [0.15, 0.2) is 36.4 Å². The molecule has 0 aliphatic carbocycles. The van der Waals surface area contributed by atoms with Gasteiger partial charge < -0.3 is 16.2 Å². The molecule has 2 aromatic heterocycles. The van der Waals surface area contributed by atoms with Crippen molar-refractivity contribution in [3.63, 3.8) is 0 Å². The molecule has 0 bridgehead atoms. The van der Waals surface area contributed by atoms with E-state index in [9.17, 15) is 18.7 Å². The Morgan fingerprint density at radius 3 is 2.63 bits per heavy atom. The van der Waals surface area contributed by atoms with Crippen LogP contribution in [0.1, 0.15) is 28.5 Å². The number of thiophene rings is 1. The minimum atomic E-state index is -0.802. The predicted octanol–water partition coefficient (Wildman–Crippen LogP) is 3.92. The van der Waals surface area contributed by atoms with Gasteiger partial charge in [-0.3, -0.25) is 4.79 Å². The fraction of sp³-hybridized carbons (Fsp3) is 0.190. The normalized spacial score (nSPS) is 11.7. The second kappa shape index (κ2) is 8.98. The van der Waals surface area contributed by atoms with E-state index in [0.29, 0.717) is 17.1 Å². The number of nitrogens with one attached hydrogen (secondary N) is 1. The maximum Gasteiger partial charge on any atom is 0.251 e. The number of hydrogen-bond acceptors (Lipinski definition) is 6. The first-order valence-electron chi connectivity index (χ1n) is 8.98. The zero-order valence-corrected chi connectivity index (χ0v) is 16.8. The maximum absolute atomic E-state index is 14.7. The highest BCUT2D eigenvalue weighted by Crippen LogP contribution is 2.39. The summed E-state index contributed by atoms with van der Waals surface area (Å²) in [5, 5.41) is 21.5. The number of nitrogens with two attached hydrogens (primary N) is 1. The highest BCUT2D eigenvalue weighted by atomic mass is 32.1. The molecule has 0 radical (unpaired) electrons. The first-order valence-corrected chi connectivity index (χ1v) is 9.80. The van der Waals surface area contributed by atoms with Gasteiger partial charge in [0.2, 0.25) is 0 Å². The fourth-order valence-electron chi connectivity index (χ4n) is 2.96. The molecule has 9 heteroatoms. The van der Waals surface area contributed by atoms with Gasteiger partial charge in [-0.1, -0.05) is 6.07 Å². The molecule has 0 aliphatic heterocycles. The third-order valence-electron chi connectivity index (χ3n) is 4.19. The molecule has 0 spiro atoms. The van der Waals surface area contributed by atoms with Crippen LogP contribution < -0.4 is 11.1 Å². The SMILES string of the molecule is CC(O)Cc1cc(F)c(-c2cc(C(N)=O)c(Nc3cccc(CC#N)n3)s2)c(F)c1. The van der Waals surface area contributed by atoms with Crippen LogP contribution in [0.25, 0.3) is 10.4 Å². The van der Waals surface area contributed by atoms with Crippen molar-refractivity contribution in [3.8, 4) is 16.5 Å². The van der Waals surface area contributed by atoms with Crippen molar-refractivity contribution in [1.29, 1.82) is 5.26 Å². The van der Waals surface area contributed by atoms with Gasteiger partial charge in [-0.15, -0.1) is 11.3 Å². The number of benzene rings is 1. The molecule has 1 amide bonds. The number of nitrogens with zero attached hydrogens (tertiary/aromatic N) is 2. The van der Waals surface area contributed by atoms with E-state index < -0.39 is 23.6 Å². The van der Waals surface area contributed by atoms with Gasteiger partial charge in [-0.05, 0) is 49.2 Å². The Bertz CT molecular complexity index is 1120. The zero-order valence-electron chi connectivity index (χ0n) is 15.9. The summed E-state index contributed by atoms with van der Waals surface area (Å²) in [5.74, 6) is -2.00. The van der Waals surface area contributed by atoms with Crippen LogP contribution in [-0.4, -0.2) is 22.1 Å². The molecule has 30 heavy (non-hydrogen) atoms. The second-order valence-corrected chi connectivity index (χ2v) is 7.73. The van der Waals surface area contributed by atoms with Crippen LogP contribution in [0.3, 0.4) is 0 Å².